The van der Waals surface area contributed by atoms with Crippen LogP contribution in [0, 0.1) is 0 Å². The van der Waals surface area contributed by atoms with Crippen LogP contribution in [-0.2, 0) is 6.18 Å². The van der Waals surface area contributed by atoms with Crippen LogP contribution >= 0.6 is 46.4 Å². The molecule has 1 aromatic carbocycles. The van der Waals surface area contributed by atoms with Crippen molar-refractivity contribution in [1.82, 2.24) is 4.98 Å². The second-order valence-electron chi connectivity index (χ2n) is 3.77. The Balaban J connectivity index is 2.70. The Bertz CT molecular complexity index is 670. The van der Waals surface area contributed by atoms with E-state index in [1.54, 1.807) is 0 Å². The molecule has 0 aliphatic heterocycles. The Hall–Kier alpha value is -0.680. The zero-order valence-corrected chi connectivity index (χ0v) is 12.4. The van der Waals surface area contributed by atoms with Crippen molar-refractivity contribution < 1.29 is 13.2 Å². The number of pyridine rings is 1. The Morgan fingerprint density at radius 3 is 2.15 bits per heavy atom. The van der Waals surface area contributed by atoms with Crippen LogP contribution in [-0.4, -0.2) is 4.98 Å². The first-order chi connectivity index (χ1) is 9.20. The number of hydrogen-bond donors (Lipinski definition) is 0. The highest BCUT2D eigenvalue weighted by Gasteiger charge is 2.33. The summed E-state index contributed by atoms with van der Waals surface area (Å²) in [5, 5.41) is 0.358. The Labute approximate surface area is 132 Å². The molecule has 0 saturated carbocycles. The van der Waals surface area contributed by atoms with Crippen LogP contribution < -0.4 is 0 Å². The molecule has 2 rings (SSSR count). The molecule has 1 nitrogen and oxygen atoms in total. The fourth-order valence-electron chi connectivity index (χ4n) is 1.52. The molecule has 20 heavy (non-hydrogen) atoms. The van der Waals surface area contributed by atoms with E-state index in [1.807, 2.05) is 0 Å². The third kappa shape index (κ3) is 3.14. The van der Waals surface area contributed by atoms with Crippen LogP contribution in [0.1, 0.15) is 5.69 Å². The average molecular weight is 361 g/mol. The van der Waals surface area contributed by atoms with E-state index < -0.39 is 11.9 Å². The quantitative estimate of drug-likeness (QED) is 0.537. The Morgan fingerprint density at radius 1 is 0.900 bits per heavy atom. The average Bonchev–Trinajstić information content (AvgIpc) is 2.33. The molecule has 0 spiro atoms. The van der Waals surface area contributed by atoms with Gasteiger partial charge in [-0.05, 0) is 24.3 Å². The van der Waals surface area contributed by atoms with Gasteiger partial charge in [0.1, 0.15) is 5.69 Å². The number of hydrogen-bond acceptors (Lipinski definition) is 1. The molecule has 0 unspecified atom stereocenters. The van der Waals surface area contributed by atoms with Crippen molar-refractivity contribution in [3.63, 3.8) is 0 Å². The fraction of sp³-hybridized carbons (Fsp3) is 0.0833. The molecule has 2 aromatic rings. The molecule has 106 valence electrons. The maximum absolute atomic E-state index is 12.7. The lowest BCUT2D eigenvalue weighted by Gasteiger charge is -2.11. The lowest BCUT2D eigenvalue weighted by Crippen LogP contribution is -2.08. The molecule has 0 bridgehead atoms. The second kappa shape index (κ2) is 5.60. The summed E-state index contributed by atoms with van der Waals surface area (Å²) in [6, 6.07) is 4.60. The molecule has 0 fully saturated rings. The number of rotatable bonds is 1. The highest BCUT2D eigenvalue weighted by Crippen LogP contribution is 2.39. The van der Waals surface area contributed by atoms with Gasteiger partial charge in [-0.3, -0.25) is 0 Å². The van der Waals surface area contributed by atoms with Crippen molar-refractivity contribution in [2.45, 2.75) is 6.18 Å². The van der Waals surface area contributed by atoms with E-state index >= 15 is 0 Å². The van der Waals surface area contributed by atoms with E-state index in [2.05, 4.69) is 4.98 Å². The molecule has 1 aromatic heterocycles. The highest BCUT2D eigenvalue weighted by atomic mass is 35.5. The maximum atomic E-state index is 12.7. The molecule has 0 aliphatic carbocycles. The lowest BCUT2D eigenvalue weighted by atomic mass is 10.1. The highest BCUT2D eigenvalue weighted by molar-refractivity contribution is 6.45. The summed E-state index contributed by atoms with van der Waals surface area (Å²) < 4.78 is 38.1. The van der Waals surface area contributed by atoms with E-state index in [0.29, 0.717) is 0 Å². The summed E-state index contributed by atoms with van der Waals surface area (Å²) in [7, 11) is 0. The summed E-state index contributed by atoms with van der Waals surface area (Å²) in [4.78, 5) is 3.50. The van der Waals surface area contributed by atoms with Crippen molar-refractivity contribution in [2.75, 3.05) is 0 Å². The molecule has 0 saturated heterocycles. The summed E-state index contributed by atoms with van der Waals surface area (Å²) in [5.74, 6) is 0. The fourth-order valence-corrected chi connectivity index (χ4v) is 2.42. The molecule has 0 atom stereocenters. The van der Waals surface area contributed by atoms with Crippen molar-refractivity contribution in [3.8, 4) is 11.3 Å². The molecule has 0 radical (unpaired) electrons. The SMILES string of the molecule is FC(F)(F)c1ccc(Cl)c(-c2cc(Cl)cc(Cl)c2Cl)n1. The molecule has 0 aliphatic rings. The van der Waals surface area contributed by atoms with E-state index in [0.717, 1.165) is 12.1 Å². The molecule has 1 heterocycles. The Morgan fingerprint density at radius 2 is 1.55 bits per heavy atom. The molecule has 8 heteroatoms. The standard InChI is InChI=1S/C12H4Cl4F3N/c13-5-3-6(10(16)8(15)4-5)11-7(14)1-2-9(20-11)12(17,18)19/h1-4H. The lowest BCUT2D eigenvalue weighted by molar-refractivity contribution is -0.141. The predicted octanol–water partition coefficient (Wildman–Crippen LogP) is 6.38. The summed E-state index contributed by atoms with van der Waals surface area (Å²) in [5.41, 5.74) is -1.07. The number of nitrogens with zero attached hydrogens (tertiary/aromatic N) is 1. The van der Waals surface area contributed by atoms with Crippen LogP contribution in [0.3, 0.4) is 0 Å². The first-order valence-electron chi connectivity index (χ1n) is 5.09. The van der Waals surface area contributed by atoms with Gasteiger partial charge in [0, 0.05) is 10.6 Å². The van der Waals surface area contributed by atoms with E-state index in [1.165, 1.54) is 12.1 Å². The molecule has 0 N–H and O–H groups in total. The van der Waals surface area contributed by atoms with E-state index in [-0.39, 0.29) is 31.3 Å². The van der Waals surface area contributed by atoms with Gasteiger partial charge in [-0.2, -0.15) is 13.2 Å². The van der Waals surface area contributed by atoms with Gasteiger partial charge < -0.3 is 0 Å². The second-order valence-corrected chi connectivity index (χ2v) is 5.40. The Kier molecular flexibility index (Phi) is 4.40. The van der Waals surface area contributed by atoms with Gasteiger partial charge in [0.2, 0.25) is 0 Å². The predicted molar refractivity (Wildman–Crippen MR) is 74.7 cm³/mol. The monoisotopic (exact) mass is 359 g/mol. The van der Waals surface area contributed by atoms with Crippen molar-refractivity contribution in [3.05, 3.63) is 50.0 Å². The first kappa shape index (κ1) is 15.7. The summed E-state index contributed by atoms with van der Waals surface area (Å²) >= 11 is 23.5. The van der Waals surface area contributed by atoms with Crippen LogP contribution in [0.2, 0.25) is 20.1 Å². The topological polar surface area (TPSA) is 12.9 Å². The van der Waals surface area contributed by atoms with Gasteiger partial charge in [0.25, 0.3) is 0 Å². The summed E-state index contributed by atoms with van der Waals surface area (Å²) in [6.07, 6.45) is -4.59. The molecule has 0 amide bonds. The maximum Gasteiger partial charge on any atom is 0.433 e. The van der Waals surface area contributed by atoms with E-state index in [9.17, 15) is 13.2 Å². The minimum absolute atomic E-state index is 0.0123. The van der Waals surface area contributed by atoms with E-state index in [4.69, 9.17) is 46.4 Å². The van der Waals surface area contributed by atoms with Crippen molar-refractivity contribution in [1.29, 1.82) is 0 Å². The zero-order chi connectivity index (χ0) is 15.1. The number of halogens is 7. The van der Waals surface area contributed by atoms with Gasteiger partial charge in [0.05, 0.1) is 20.8 Å². The largest absolute Gasteiger partial charge is 0.433 e. The van der Waals surface area contributed by atoms with Crippen LogP contribution in [0.4, 0.5) is 13.2 Å². The van der Waals surface area contributed by atoms with Gasteiger partial charge in [-0.1, -0.05) is 46.4 Å². The van der Waals surface area contributed by atoms with Crippen LogP contribution in [0.25, 0.3) is 11.3 Å². The number of alkyl halides is 3. The number of benzene rings is 1. The van der Waals surface area contributed by atoms with Crippen molar-refractivity contribution in [2.24, 2.45) is 0 Å². The molecular formula is C12H4Cl4F3N. The van der Waals surface area contributed by atoms with Crippen molar-refractivity contribution >= 4 is 46.4 Å². The van der Waals surface area contributed by atoms with Gasteiger partial charge in [0.15, 0.2) is 0 Å². The normalized spacial score (nSPS) is 11.8. The van der Waals surface area contributed by atoms with Gasteiger partial charge in [-0.15, -0.1) is 0 Å². The molecular weight excluding hydrogens is 357 g/mol. The van der Waals surface area contributed by atoms with Gasteiger partial charge in [-0.25, -0.2) is 4.98 Å². The smallest absolute Gasteiger partial charge is 0.242 e. The first-order valence-corrected chi connectivity index (χ1v) is 6.60. The minimum Gasteiger partial charge on any atom is -0.242 e. The zero-order valence-electron chi connectivity index (χ0n) is 9.40. The summed E-state index contributed by atoms with van der Waals surface area (Å²) in [6.45, 7) is 0. The third-order valence-electron chi connectivity index (χ3n) is 2.38. The third-order valence-corrected chi connectivity index (χ3v) is 3.71. The number of aromatic nitrogens is 1. The minimum atomic E-state index is -4.59. The van der Waals surface area contributed by atoms with Gasteiger partial charge >= 0.3 is 6.18 Å². The van der Waals surface area contributed by atoms with Crippen LogP contribution in [0.15, 0.2) is 24.3 Å². The van der Waals surface area contributed by atoms with Crippen LogP contribution in [0.5, 0.6) is 0 Å².